The molecule has 1 aromatic carbocycles. The van der Waals surface area contributed by atoms with Gasteiger partial charge in [-0.1, -0.05) is 15.9 Å². The molecule has 0 aliphatic rings. The molecule has 0 saturated heterocycles. The van der Waals surface area contributed by atoms with E-state index in [1.54, 1.807) is 0 Å². The Hall–Kier alpha value is -1.23. The van der Waals surface area contributed by atoms with Gasteiger partial charge in [-0.15, -0.1) is 0 Å². The Morgan fingerprint density at radius 1 is 1.62 bits per heavy atom. The summed E-state index contributed by atoms with van der Waals surface area (Å²) in [5.74, 6) is -1.01. The van der Waals surface area contributed by atoms with Gasteiger partial charge in [0.15, 0.2) is 0 Å². The summed E-state index contributed by atoms with van der Waals surface area (Å²) in [6, 6.07) is 4.08. The van der Waals surface area contributed by atoms with Crippen molar-refractivity contribution in [3.63, 3.8) is 0 Å². The van der Waals surface area contributed by atoms with Crippen molar-refractivity contribution >= 4 is 21.7 Å². The smallest absolute Gasteiger partial charge is 0.142 e. The van der Waals surface area contributed by atoms with Crippen LogP contribution in [0.4, 0.5) is 4.39 Å². The van der Waals surface area contributed by atoms with Crippen LogP contribution in [0.3, 0.4) is 0 Å². The first-order chi connectivity index (χ1) is 6.15. The maximum absolute atomic E-state index is 13.0. The summed E-state index contributed by atoms with van der Waals surface area (Å²) >= 11 is 3.12. The van der Waals surface area contributed by atoms with Crippen molar-refractivity contribution in [1.82, 2.24) is 0 Å². The van der Waals surface area contributed by atoms with Crippen molar-refractivity contribution in [2.75, 3.05) is 0 Å². The van der Waals surface area contributed by atoms with Crippen LogP contribution < -0.4 is 0 Å². The Morgan fingerprint density at radius 3 is 2.92 bits per heavy atom. The SMILES string of the molecule is [N-]=NC=C(O)c1cc(Br)ccc1F. The summed E-state index contributed by atoms with van der Waals surface area (Å²) in [4.78, 5) is 0. The molecule has 0 aliphatic carbocycles. The van der Waals surface area contributed by atoms with Gasteiger partial charge >= 0.3 is 0 Å². The molecule has 1 aromatic rings. The molecule has 0 amide bonds. The van der Waals surface area contributed by atoms with Crippen molar-refractivity contribution in [3.05, 3.63) is 45.8 Å². The molecule has 0 radical (unpaired) electrons. The van der Waals surface area contributed by atoms with Crippen molar-refractivity contribution in [1.29, 1.82) is 0 Å². The molecule has 0 bridgehead atoms. The van der Waals surface area contributed by atoms with Gasteiger partial charge < -0.3 is 15.8 Å². The quantitative estimate of drug-likeness (QED) is 0.628. The van der Waals surface area contributed by atoms with Crippen LogP contribution in [-0.4, -0.2) is 5.11 Å². The fourth-order valence-corrected chi connectivity index (χ4v) is 1.18. The summed E-state index contributed by atoms with van der Waals surface area (Å²) in [5.41, 5.74) is 8.09. The maximum atomic E-state index is 13.0. The van der Waals surface area contributed by atoms with Crippen LogP contribution >= 0.6 is 15.9 Å². The lowest BCUT2D eigenvalue weighted by atomic mass is 10.2. The van der Waals surface area contributed by atoms with Gasteiger partial charge in [-0.05, 0) is 18.2 Å². The molecular weight excluding hydrogens is 239 g/mol. The average molecular weight is 244 g/mol. The number of hydrogen-bond donors (Lipinski definition) is 1. The van der Waals surface area contributed by atoms with E-state index >= 15 is 0 Å². The van der Waals surface area contributed by atoms with Gasteiger partial charge in [-0.25, -0.2) is 4.39 Å². The van der Waals surface area contributed by atoms with Crippen LogP contribution in [0.5, 0.6) is 0 Å². The lowest BCUT2D eigenvalue weighted by molar-refractivity contribution is 0.501. The first-order valence-electron chi connectivity index (χ1n) is 3.34. The first-order valence-corrected chi connectivity index (χ1v) is 4.13. The third kappa shape index (κ3) is 2.35. The second-order valence-electron chi connectivity index (χ2n) is 2.25. The van der Waals surface area contributed by atoms with E-state index < -0.39 is 11.6 Å². The Kier molecular flexibility index (Phi) is 3.13. The molecule has 5 heteroatoms. The Morgan fingerprint density at radius 2 is 2.31 bits per heavy atom. The molecule has 0 unspecified atom stereocenters. The molecule has 13 heavy (non-hydrogen) atoms. The predicted molar refractivity (Wildman–Crippen MR) is 50.5 cm³/mol. The summed E-state index contributed by atoms with van der Waals surface area (Å²) in [7, 11) is 0. The summed E-state index contributed by atoms with van der Waals surface area (Å²) in [6.07, 6.45) is 0.755. The highest BCUT2D eigenvalue weighted by Crippen LogP contribution is 2.20. The van der Waals surface area contributed by atoms with Crippen LogP contribution in [0.15, 0.2) is 34.0 Å². The normalized spacial score (nSPS) is 11.4. The second-order valence-corrected chi connectivity index (χ2v) is 3.17. The van der Waals surface area contributed by atoms with Crippen LogP contribution in [0.2, 0.25) is 0 Å². The highest BCUT2D eigenvalue weighted by atomic mass is 79.9. The van der Waals surface area contributed by atoms with Gasteiger partial charge in [0.25, 0.3) is 0 Å². The van der Waals surface area contributed by atoms with E-state index in [1.807, 2.05) is 0 Å². The molecule has 0 saturated carbocycles. The Balaban J connectivity index is 3.20. The summed E-state index contributed by atoms with van der Waals surface area (Å²) < 4.78 is 13.6. The van der Waals surface area contributed by atoms with Crippen molar-refractivity contribution in [2.45, 2.75) is 0 Å². The molecule has 3 nitrogen and oxygen atoms in total. The number of hydrogen-bond acceptors (Lipinski definition) is 2. The van der Waals surface area contributed by atoms with Crippen LogP contribution in [0.25, 0.3) is 11.3 Å². The van der Waals surface area contributed by atoms with E-state index in [9.17, 15) is 9.50 Å². The zero-order valence-corrected chi connectivity index (χ0v) is 7.99. The maximum Gasteiger partial charge on any atom is 0.142 e. The molecular formula is C8H5BrFN2O-. The van der Waals surface area contributed by atoms with Crippen molar-refractivity contribution < 1.29 is 9.50 Å². The number of aliphatic hydroxyl groups is 1. The summed E-state index contributed by atoms with van der Waals surface area (Å²) in [5, 5.41) is 11.8. The van der Waals surface area contributed by atoms with Crippen LogP contribution in [-0.2, 0) is 0 Å². The van der Waals surface area contributed by atoms with E-state index in [1.165, 1.54) is 18.2 Å². The van der Waals surface area contributed by atoms with Gasteiger partial charge in [0.05, 0.1) is 5.56 Å². The minimum absolute atomic E-state index is 0.0211. The van der Waals surface area contributed by atoms with E-state index in [0.29, 0.717) is 4.47 Å². The van der Waals surface area contributed by atoms with E-state index in [-0.39, 0.29) is 5.56 Å². The Labute approximate surface area is 82.5 Å². The molecule has 68 valence electrons. The predicted octanol–water partition coefficient (Wildman–Crippen LogP) is 3.47. The third-order valence-electron chi connectivity index (χ3n) is 1.38. The average Bonchev–Trinajstić information content (AvgIpc) is 2.09. The van der Waals surface area contributed by atoms with Crippen molar-refractivity contribution in [3.8, 4) is 0 Å². The third-order valence-corrected chi connectivity index (χ3v) is 1.88. The zero-order chi connectivity index (χ0) is 9.84. The fourth-order valence-electron chi connectivity index (χ4n) is 0.818. The fraction of sp³-hybridized carbons (Fsp3) is 0. The number of aliphatic hydroxyl groups excluding tert-OH is 1. The van der Waals surface area contributed by atoms with E-state index in [2.05, 4.69) is 21.0 Å². The lowest BCUT2D eigenvalue weighted by Gasteiger charge is -2.02. The van der Waals surface area contributed by atoms with Crippen LogP contribution in [0.1, 0.15) is 5.56 Å². The topological polar surface area (TPSA) is 54.9 Å². The minimum Gasteiger partial charge on any atom is -0.707 e. The molecule has 1 rings (SSSR count). The molecule has 1 N–H and O–H groups in total. The molecule has 0 aliphatic heterocycles. The molecule has 0 fully saturated rings. The largest absolute Gasteiger partial charge is 0.707 e. The number of halogens is 2. The minimum atomic E-state index is -0.583. The number of rotatable bonds is 2. The highest BCUT2D eigenvalue weighted by molar-refractivity contribution is 9.10. The zero-order valence-electron chi connectivity index (χ0n) is 6.41. The standard InChI is InChI=1S/C8H5BrFN2O/c9-5-1-2-7(10)6(3-5)8(13)4-12-11/h1-4,13H/q-1. The second kappa shape index (κ2) is 4.13. The Bertz CT molecular complexity index is 365. The summed E-state index contributed by atoms with van der Waals surface area (Å²) in [6.45, 7) is 0. The lowest BCUT2D eigenvalue weighted by Crippen LogP contribution is -1.88. The van der Waals surface area contributed by atoms with Gasteiger partial charge in [0.2, 0.25) is 0 Å². The monoisotopic (exact) mass is 243 g/mol. The number of nitrogens with zero attached hydrogens (tertiary/aromatic N) is 2. The number of benzene rings is 1. The van der Waals surface area contributed by atoms with E-state index in [0.717, 1.165) is 6.20 Å². The van der Waals surface area contributed by atoms with E-state index in [4.69, 9.17) is 5.53 Å². The van der Waals surface area contributed by atoms with Gasteiger partial charge in [-0.3, -0.25) is 0 Å². The van der Waals surface area contributed by atoms with Crippen molar-refractivity contribution in [2.24, 2.45) is 5.11 Å². The molecule has 0 spiro atoms. The van der Waals surface area contributed by atoms with Crippen LogP contribution in [0, 0.1) is 5.82 Å². The van der Waals surface area contributed by atoms with Gasteiger partial charge in [0, 0.05) is 10.7 Å². The molecule has 0 atom stereocenters. The first kappa shape index (κ1) is 9.85. The molecule has 0 aromatic heterocycles. The van der Waals surface area contributed by atoms with Gasteiger partial charge in [-0.2, -0.15) is 0 Å². The molecule has 0 heterocycles. The highest BCUT2D eigenvalue weighted by Gasteiger charge is 2.05. The van der Waals surface area contributed by atoms with Gasteiger partial charge in [0.1, 0.15) is 11.6 Å².